The van der Waals surface area contributed by atoms with E-state index in [1.807, 2.05) is 0 Å². The Morgan fingerprint density at radius 2 is 1.70 bits per heavy atom. The summed E-state index contributed by atoms with van der Waals surface area (Å²) in [7, 11) is 1.34. The summed E-state index contributed by atoms with van der Waals surface area (Å²) in [6.45, 7) is 0. The lowest BCUT2D eigenvalue weighted by Gasteiger charge is -2.09. The largest absolute Gasteiger partial charge is 0.496 e. The van der Waals surface area contributed by atoms with Gasteiger partial charge >= 0.3 is 0 Å². The number of carbonyl (C=O) groups is 2. The molecule has 0 spiro atoms. The van der Waals surface area contributed by atoms with Crippen molar-refractivity contribution >= 4 is 22.6 Å². The first-order valence-corrected chi connectivity index (χ1v) is 6.09. The topological polar surface area (TPSA) is 43.4 Å². The van der Waals surface area contributed by atoms with Crippen molar-refractivity contribution in [2.24, 2.45) is 0 Å². The summed E-state index contributed by atoms with van der Waals surface area (Å²) in [6.07, 6.45) is 0. The van der Waals surface area contributed by atoms with Crippen molar-refractivity contribution < 1.29 is 18.7 Å². The van der Waals surface area contributed by atoms with E-state index >= 15 is 0 Å². The predicted octanol–water partition coefficient (Wildman–Crippen LogP) is 3.44. The van der Waals surface area contributed by atoms with E-state index in [4.69, 9.17) is 16.3 Å². The Labute approximate surface area is 119 Å². The SMILES string of the molecule is COc1cc(F)ccc1C(=O)c1ccccc1C(=O)Cl. The second kappa shape index (κ2) is 5.84. The first-order valence-electron chi connectivity index (χ1n) is 5.71. The van der Waals surface area contributed by atoms with Gasteiger partial charge in [0.25, 0.3) is 5.24 Å². The second-order valence-electron chi connectivity index (χ2n) is 3.99. The molecule has 2 aromatic rings. The molecule has 0 heterocycles. The molecule has 0 N–H and O–H groups in total. The van der Waals surface area contributed by atoms with Crippen LogP contribution in [0.1, 0.15) is 26.3 Å². The van der Waals surface area contributed by atoms with E-state index in [-0.39, 0.29) is 22.4 Å². The third-order valence-electron chi connectivity index (χ3n) is 2.79. The minimum Gasteiger partial charge on any atom is -0.496 e. The average Bonchev–Trinajstić information content (AvgIpc) is 2.46. The third kappa shape index (κ3) is 2.70. The average molecular weight is 293 g/mol. The molecule has 0 atom stereocenters. The quantitative estimate of drug-likeness (QED) is 0.640. The van der Waals surface area contributed by atoms with Crippen LogP contribution in [0.25, 0.3) is 0 Å². The Balaban J connectivity index is 2.55. The zero-order chi connectivity index (χ0) is 14.7. The normalized spacial score (nSPS) is 10.2. The Morgan fingerprint density at radius 1 is 1.05 bits per heavy atom. The summed E-state index contributed by atoms with van der Waals surface area (Å²) < 4.78 is 18.1. The van der Waals surface area contributed by atoms with Crippen LogP contribution in [0.3, 0.4) is 0 Å². The smallest absolute Gasteiger partial charge is 0.253 e. The molecule has 0 fully saturated rings. The highest BCUT2D eigenvalue weighted by Gasteiger charge is 2.20. The van der Waals surface area contributed by atoms with Crippen LogP contribution in [0.5, 0.6) is 5.75 Å². The number of ether oxygens (including phenoxy) is 1. The highest BCUT2D eigenvalue weighted by Crippen LogP contribution is 2.24. The van der Waals surface area contributed by atoms with Crippen molar-refractivity contribution in [3.63, 3.8) is 0 Å². The number of hydrogen-bond donors (Lipinski definition) is 0. The first-order chi connectivity index (χ1) is 9.54. The monoisotopic (exact) mass is 292 g/mol. The Bertz CT molecular complexity index is 683. The fourth-order valence-electron chi connectivity index (χ4n) is 1.85. The second-order valence-corrected chi connectivity index (χ2v) is 4.34. The van der Waals surface area contributed by atoms with E-state index in [1.165, 1.54) is 25.3 Å². The van der Waals surface area contributed by atoms with Crippen molar-refractivity contribution in [2.45, 2.75) is 0 Å². The molecule has 0 aromatic heterocycles. The van der Waals surface area contributed by atoms with Crippen molar-refractivity contribution in [3.8, 4) is 5.75 Å². The zero-order valence-corrected chi connectivity index (χ0v) is 11.3. The summed E-state index contributed by atoms with van der Waals surface area (Å²) in [5.41, 5.74) is 0.419. The highest BCUT2D eigenvalue weighted by atomic mass is 35.5. The maximum Gasteiger partial charge on any atom is 0.253 e. The summed E-state index contributed by atoms with van der Waals surface area (Å²) in [5, 5.41) is -0.727. The summed E-state index contributed by atoms with van der Waals surface area (Å²) in [4.78, 5) is 23.8. The van der Waals surface area contributed by atoms with E-state index in [2.05, 4.69) is 0 Å². The van der Waals surface area contributed by atoms with Crippen molar-refractivity contribution in [1.82, 2.24) is 0 Å². The van der Waals surface area contributed by atoms with Gasteiger partial charge in [-0.3, -0.25) is 9.59 Å². The molecule has 0 aliphatic rings. The molecule has 102 valence electrons. The molecule has 3 nitrogen and oxygen atoms in total. The number of benzene rings is 2. The van der Waals surface area contributed by atoms with Crippen LogP contribution < -0.4 is 4.74 Å². The molecule has 0 radical (unpaired) electrons. The molecule has 0 amide bonds. The van der Waals surface area contributed by atoms with Gasteiger partial charge in [-0.05, 0) is 29.8 Å². The number of carbonyl (C=O) groups excluding carboxylic acids is 2. The van der Waals surface area contributed by atoms with Gasteiger partial charge in [0.2, 0.25) is 0 Å². The van der Waals surface area contributed by atoms with Crippen LogP contribution in [-0.2, 0) is 0 Å². The maximum atomic E-state index is 13.1. The van der Waals surface area contributed by atoms with E-state index in [9.17, 15) is 14.0 Å². The molecular formula is C15H10ClFO3. The lowest BCUT2D eigenvalue weighted by molar-refractivity contribution is 0.102. The molecule has 20 heavy (non-hydrogen) atoms. The standard InChI is InChI=1S/C15H10ClFO3/c1-20-13-8-9(17)6-7-12(13)14(18)10-4-2-3-5-11(10)15(16)19/h2-8H,1H3. The number of halogens is 2. The van der Waals surface area contributed by atoms with Gasteiger partial charge in [0.05, 0.1) is 12.7 Å². The molecule has 0 saturated carbocycles. The van der Waals surface area contributed by atoms with Gasteiger partial charge in [0, 0.05) is 17.2 Å². The number of methoxy groups -OCH3 is 1. The van der Waals surface area contributed by atoms with Crippen molar-refractivity contribution in [2.75, 3.05) is 7.11 Å². The predicted molar refractivity (Wildman–Crippen MR) is 73.0 cm³/mol. The van der Waals surface area contributed by atoms with Crippen LogP contribution in [0.4, 0.5) is 4.39 Å². The minimum absolute atomic E-state index is 0.102. The van der Waals surface area contributed by atoms with E-state index in [0.29, 0.717) is 0 Å². The van der Waals surface area contributed by atoms with Gasteiger partial charge in [-0.1, -0.05) is 18.2 Å². The van der Waals surface area contributed by atoms with Gasteiger partial charge < -0.3 is 4.74 Å². The Kier molecular flexibility index (Phi) is 4.15. The third-order valence-corrected chi connectivity index (χ3v) is 3.00. The van der Waals surface area contributed by atoms with Crippen LogP contribution in [0.15, 0.2) is 42.5 Å². The molecular weight excluding hydrogens is 283 g/mol. The number of rotatable bonds is 4. The van der Waals surface area contributed by atoms with E-state index in [0.717, 1.165) is 12.1 Å². The lowest BCUT2D eigenvalue weighted by atomic mass is 9.98. The molecule has 0 unspecified atom stereocenters. The Hall–Kier alpha value is -2.20. The molecule has 0 saturated heterocycles. The fraction of sp³-hybridized carbons (Fsp3) is 0.0667. The number of hydrogen-bond acceptors (Lipinski definition) is 3. The van der Waals surface area contributed by atoms with E-state index < -0.39 is 16.8 Å². The molecule has 0 bridgehead atoms. The minimum atomic E-state index is -0.727. The molecule has 2 rings (SSSR count). The molecule has 0 aliphatic carbocycles. The fourth-order valence-corrected chi connectivity index (χ4v) is 2.02. The number of ketones is 1. The van der Waals surface area contributed by atoms with Crippen LogP contribution in [-0.4, -0.2) is 18.1 Å². The summed E-state index contributed by atoms with van der Waals surface area (Å²) >= 11 is 5.46. The van der Waals surface area contributed by atoms with Gasteiger partial charge in [-0.25, -0.2) is 4.39 Å². The Morgan fingerprint density at radius 3 is 2.30 bits per heavy atom. The van der Waals surface area contributed by atoms with Crippen molar-refractivity contribution in [1.29, 1.82) is 0 Å². The summed E-state index contributed by atoms with van der Waals surface area (Å²) in [6, 6.07) is 9.74. The zero-order valence-electron chi connectivity index (χ0n) is 10.5. The van der Waals surface area contributed by atoms with E-state index in [1.54, 1.807) is 12.1 Å². The van der Waals surface area contributed by atoms with Crippen molar-refractivity contribution in [3.05, 3.63) is 65.0 Å². The lowest BCUT2D eigenvalue weighted by Crippen LogP contribution is -2.09. The van der Waals surface area contributed by atoms with Gasteiger partial charge in [-0.15, -0.1) is 0 Å². The van der Waals surface area contributed by atoms with Crippen LogP contribution in [0.2, 0.25) is 0 Å². The van der Waals surface area contributed by atoms with Gasteiger partial charge in [0.15, 0.2) is 5.78 Å². The van der Waals surface area contributed by atoms with Gasteiger partial charge in [0.1, 0.15) is 11.6 Å². The molecule has 5 heteroatoms. The first kappa shape index (κ1) is 14.2. The highest BCUT2D eigenvalue weighted by molar-refractivity contribution is 6.68. The maximum absolute atomic E-state index is 13.1. The molecule has 2 aromatic carbocycles. The van der Waals surface area contributed by atoms with Crippen LogP contribution >= 0.6 is 11.6 Å². The molecule has 0 aliphatic heterocycles. The summed E-state index contributed by atoms with van der Waals surface area (Å²) in [5.74, 6) is -0.863. The van der Waals surface area contributed by atoms with Crippen LogP contribution in [0, 0.1) is 5.82 Å². The van der Waals surface area contributed by atoms with Gasteiger partial charge in [-0.2, -0.15) is 0 Å².